The third-order valence-corrected chi connectivity index (χ3v) is 4.51. The van der Waals surface area contributed by atoms with E-state index >= 15 is 0 Å². The highest BCUT2D eigenvalue weighted by Crippen LogP contribution is 2.47. The molecule has 0 spiro atoms. The Morgan fingerprint density at radius 2 is 1.75 bits per heavy atom. The summed E-state index contributed by atoms with van der Waals surface area (Å²) in [7, 11) is 1.55. The maximum absolute atomic E-state index is 12.8. The number of methoxy groups -OCH3 is 1. The molecule has 0 bridgehead atoms. The molecule has 2 unspecified atom stereocenters. The highest BCUT2D eigenvalue weighted by atomic mass is 32.2. The lowest BCUT2D eigenvalue weighted by molar-refractivity contribution is -0.0362. The van der Waals surface area contributed by atoms with Crippen LogP contribution in [0.3, 0.4) is 0 Å². The fourth-order valence-corrected chi connectivity index (χ4v) is 3.46. The Kier molecular flexibility index (Phi) is 4.91. The van der Waals surface area contributed by atoms with E-state index in [9.17, 15) is 13.2 Å². The molecule has 128 valence electrons. The Bertz CT molecular complexity index is 681. The van der Waals surface area contributed by atoms with Crippen LogP contribution < -0.4 is 9.80 Å². The number of hydrogen-bond acceptors (Lipinski definition) is 4. The molecule has 3 rings (SSSR count). The van der Waals surface area contributed by atoms with E-state index in [1.165, 1.54) is 0 Å². The van der Waals surface area contributed by atoms with Crippen LogP contribution in [0, 0.1) is 0 Å². The molecule has 2 aromatic rings. The summed E-state index contributed by atoms with van der Waals surface area (Å²) in [5, 5.41) is 1.54. The molecular weight excluding hydrogens is 339 g/mol. The minimum Gasteiger partial charge on any atom is -0.496 e. The second kappa shape index (κ2) is 6.94. The average molecular weight is 355 g/mol. The molecule has 1 aliphatic heterocycles. The van der Waals surface area contributed by atoms with Crippen molar-refractivity contribution in [1.29, 1.82) is 0 Å². The second-order valence-corrected chi connectivity index (χ2v) is 6.48. The number of ether oxygens (including phenoxy) is 1. The Hall–Kier alpha value is -1.86. The summed E-state index contributed by atoms with van der Waals surface area (Å²) in [4.78, 5) is 5.61. The summed E-state index contributed by atoms with van der Waals surface area (Å²) in [5.74, 6) is 0.629. The van der Waals surface area contributed by atoms with Gasteiger partial charge in [0.2, 0.25) is 0 Å². The van der Waals surface area contributed by atoms with Crippen LogP contribution in [0.5, 0.6) is 5.75 Å². The first kappa shape index (κ1) is 17.0. The fraction of sp³-hybridized carbons (Fsp3) is 0.294. The predicted molar refractivity (Wildman–Crippen MR) is 87.8 cm³/mol. The Labute approximate surface area is 142 Å². The van der Waals surface area contributed by atoms with Crippen molar-refractivity contribution in [1.82, 2.24) is 0 Å². The number of hydrogen-bond donors (Lipinski definition) is 0. The zero-order valence-electron chi connectivity index (χ0n) is 12.9. The van der Waals surface area contributed by atoms with Gasteiger partial charge in [0.1, 0.15) is 11.2 Å². The van der Waals surface area contributed by atoms with E-state index in [0.29, 0.717) is 11.4 Å². The number of rotatable bonds is 4. The average Bonchev–Trinajstić information content (AvgIpc) is 2.97. The minimum absolute atomic E-state index is 0.130. The van der Waals surface area contributed by atoms with Crippen LogP contribution in [0.15, 0.2) is 54.6 Å². The topological polar surface area (TPSA) is 21.7 Å². The van der Waals surface area contributed by atoms with Gasteiger partial charge in [0.25, 0.3) is 0 Å². The van der Waals surface area contributed by atoms with Gasteiger partial charge in [0.15, 0.2) is 0 Å². The van der Waals surface area contributed by atoms with Gasteiger partial charge in [-0.05, 0) is 30.0 Å². The summed E-state index contributed by atoms with van der Waals surface area (Å²) in [5.41, 5.74) is -3.84. The molecule has 0 aromatic heterocycles. The quantitative estimate of drug-likeness (QED) is 0.755. The maximum Gasteiger partial charge on any atom is 0.444 e. The molecule has 3 nitrogen and oxygen atoms in total. The van der Waals surface area contributed by atoms with Gasteiger partial charge in [-0.1, -0.05) is 36.4 Å². The highest BCUT2D eigenvalue weighted by molar-refractivity contribution is 8.00. The lowest BCUT2D eigenvalue weighted by Crippen LogP contribution is -2.22. The summed E-state index contributed by atoms with van der Waals surface area (Å²) in [6.07, 6.45) is 0.208. The zero-order chi connectivity index (χ0) is 17.2. The number of anilines is 1. The van der Waals surface area contributed by atoms with Crippen LogP contribution in [0.2, 0.25) is 0 Å². The summed E-state index contributed by atoms with van der Waals surface area (Å²) < 4.78 is 43.6. The minimum atomic E-state index is -4.34. The number of nitrogens with zero attached hydrogens (tertiary/aromatic N) is 1. The van der Waals surface area contributed by atoms with E-state index in [0.717, 1.165) is 5.56 Å². The van der Waals surface area contributed by atoms with E-state index < -0.39 is 10.9 Å². The van der Waals surface area contributed by atoms with Gasteiger partial charge in [-0.3, -0.25) is 4.84 Å². The third kappa shape index (κ3) is 3.79. The zero-order valence-corrected chi connectivity index (χ0v) is 13.7. The molecule has 2 atom stereocenters. The number of alkyl halides is 3. The number of para-hydroxylation sites is 2. The van der Waals surface area contributed by atoms with Crippen molar-refractivity contribution in [3.05, 3.63) is 60.2 Å². The largest absolute Gasteiger partial charge is 0.496 e. The van der Waals surface area contributed by atoms with Crippen molar-refractivity contribution in [2.24, 2.45) is 0 Å². The fourth-order valence-electron chi connectivity index (χ4n) is 2.75. The molecule has 0 saturated carbocycles. The molecule has 24 heavy (non-hydrogen) atoms. The summed E-state index contributed by atoms with van der Waals surface area (Å²) >= 11 is -0.130. The monoisotopic (exact) mass is 355 g/mol. The van der Waals surface area contributed by atoms with Gasteiger partial charge in [-0.2, -0.15) is 13.2 Å². The van der Waals surface area contributed by atoms with Gasteiger partial charge in [-0.15, -0.1) is 0 Å². The van der Waals surface area contributed by atoms with Crippen molar-refractivity contribution in [3.63, 3.8) is 0 Å². The Balaban J connectivity index is 1.94. The lowest BCUT2D eigenvalue weighted by Gasteiger charge is -2.26. The summed E-state index contributed by atoms with van der Waals surface area (Å²) in [6, 6.07) is 16.1. The number of halogens is 3. The van der Waals surface area contributed by atoms with Crippen LogP contribution >= 0.6 is 11.8 Å². The van der Waals surface area contributed by atoms with Crippen molar-refractivity contribution >= 4 is 17.4 Å². The van der Waals surface area contributed by atoms with E-state index in [2.05, 4.69) is 0 Å². The van der Waals surface area contributed by atoms with Crippen molar-refractivity contribution in [2.75, 3.05) is 12.2 Å². The molecular formula is C17H16F3NO2S. The summed E-state index contributed by atoms with van der Waals surface area (Å²) in [6.45, 7) is 0. The van der Waals surface area contributed by atoms with Crippen molar-refractivity contribution in [3.8, 4) is 5.75 Å². The molecule has 1 heterocycles. The molecule has 0 N–H and O–H groups in total. The van der Waals surface area contributed by atoms with Gasteiger partial charge in [0, 0.05) is 12.0 Å². The van der Waals surface area contributed by atoms with Crippen LogP contribution in [-0.4, -0.2) is 18.1 Å². The second-order valence-electron chi connectivity index (χ2n) is 5.25. The van der Waals surface area contributed by atoms with E-state index in [1.54, 1.807) is 18.2 Å². The smallest absolute Gasteiger partial charge is 0.444 e. The first-order valence-corrected chi connectivity index (χ1v) is 8.24. The van der Waals surface area contributed by atoms with Gasteiger partial charge in [-0.25, -0.2) is 5.06 Å². The van der Waals surface area contributed by atoms with Crippen LogP contribution in [0.1, 0.15) is 18.0 Å². The SMILES string of the molecule is COc1ccccc1C1CC(SC(F)(F)F)ON1c1ccccc1. The number of thioether (sulfide) groups is 1. The van der Waals surface area contributed by atoms with E-state index in [1.807, 2.05) is 48.5 Å². The van der Waals surface area contributed by atoms with Crippen LogP contribution in [0.4, 0.5) is 18.9 Å². The number of hydroxylamine groups is 1. The standard InChI is InChI=1S/C17H16F3NO2S/c1-22-15-10-6-5-9-13(15)14-11-16(24-17(18,19)20)23-21(14)12-7-3-2-4-8-12/h2-10,14,16H,11H2,1H3. The first-order chi connectivity index (χ1) is 11.5. The molecule has 1 saturated heterocycles. The predicted octanol–water partition coefficient (Wildman–Crippen LogP) is 5.16. The molecule has 7 heteroatoms. The Morgan fingerprint density at radius 3 is 2.42 bits per heavy atom. The maximum atomic E-state index is 12.8. The lowest BCUT2D eigenvalue weighted by atomic mass is 10.0. The molecule has 2 aromatic carbocycles. The van der Waals surface area contributed by atoms with Gasteiger partial charge >= 0.3 is 5.51 Å². The Morgan fingerprint density at radius 1 is 1.08 bits per heavy atom. The molecule has 1 fully saturated rings. The van der Waals surface area contributed by atoms with E-state index in [-0.39, 0.29) is 24.2 Å². The molecule has 0 amide bonds. The van der Waals surface area contributed by atoms with Crippen LogP contribution in [0.25, 0.3) is 0 Å². The normalized spacial score (nSPS) is 21.1. The van der Waals surface area contributed by atoms with Crippen molar-refractivity contribution in [2.45, 2.75) is 23.4 Å². The third-order valence-electron chi connectivity index (χ3n) is 3.70. The molecule has 1 aliphatic rings. The first-order valence-electron chi connectivity index (χ1n) is 7.36. The molecule has 0 radical (unpaired) electrons. The van der Waals surface area contributed by atoms with Crippen molar-refractivity contribution < 1.29 is 22.7 Å². The van der Waals surface area contributed by atoms with Crippen LogP contribution in [-0.2, 0) is 4.84 Å². The molecule has 0 aliphatic carbocycles. The van der Waals surface area contributed by atoms with Gasteiger partial charge in [0.05, 0.1) is 18.8 Å². The van der Waals surface area contributed by atoms with E-state index in [4.69, 9.17) is 9.57 Å². The van der Waals surface area contributed by atoms with Gasteiger partial charge < -0.3 is 4.74 Å². The highest BCUT2D eigenvalue weighted by Gasteiger charge is 2.43. The number of benzene rings is 2.